The van der Waals surface area contributed by atoms with Crippen molar-refractivity contribution < 1.29 is 0 Å². The molecule has 2 aliphatic heterocycles. The van der Waals surface area contributed by atoms with Gasteiger partial charge in [0.1, 0.15) is 0 Å². The predicted octanol–water partition coefficient (Wildman–Crippen LogP) is 2.02. The molecule has 0 fully saturated rings. The molecule has 0 spiro atoms. The Bertz CT molecular complexity index is 398. The molecule has 15 heavy (non-hydrogen) atoms. The lowest BCUT2D eigenvalue weighted by atomic mass is 9.98. The normalized spacial score (nSPS) is 23.9. The summed E-state index contributed by atoms with van der Waals surface area (Å²) >= 11 is 0. The number of nitrogens with one attached hydrogen (secondary N) is 1. The molecule has 2 heteroatoms. The van der Waals surface area contributed by atoms with E-state index in [0.29, 0.717) is 5.92 Å². The van der Waals surface area contributed by atoms with Gasteiger partial charge in [-0.2, -0.15) is 0 Å². The first-order valence-electron chi connectivity index (χ1n) is 5.85. The molecule has 0 saturated carbocycles. The summed E-state index contributed by atoms with van der Waals surface area (Å²) in [5, 5.41) is 3.50. The summed E-state index contributed by atoms with van der Waals surface area (Å²) in [6.07, 6.45) is 0. The summed E-state index contributed by atoms with van der Waals surface area (Å²) in [4.78, 5) is 2.55. The number of rotatable bonds is 0. The van der Waals surface area contributed by atoms with Gasteiger partial charge >= 0.3 is 0 Å². The Labute approximate surface area is 91.3 Å². The Morgan fingerprint density at radius 3 is 3.13 bits per heavy atom. The number of benzene rings is 1. The molecule has 2 nitrogen and oxygen atoms in total. The minimum Gasteiger partial charge on any atom is -0.369 e. The maximum Gasteiger partial charge on any atom is 0.0448 e. The Morgan fingerprint density at radius 1 is 1.40 bits per heavy atom. The van der Waals surface area contributed by atoms with Crippen LogP contribution >= 0.6 is 0 Å². The van der Waals surface area contributed by atoms with Gasteiger partial charge in [0.05, 0.1) is 0 Å². The highest BCUT2D eigenvalue weighted by atomic mass is 15.2. The van der Waals surface area contributed by atoms with Crippen LogP contribution in [0.2, 0.25) is 0 Å². The average Bonchev–Trinajstić information content (AvgIpc) is 2.40. The topological polar surface area (TPSA) is 15.3 Å². The van der Waals surface area contributed by atoms with Crippen molar-refractivity contribution in [2.75, 3.05) is 24.5 Å². The molecule has 0 bridgehead atoms. The Hall–Kier alpha value is -1.02. The van der Waals surface area contributed by atoms with Gasteiger partial charge in [-0.15, -0.1) is 0 Å². The third-order valence-corrected chi connectivity index (χ3v) is 3.58. The van der Waals surface area contributed by atoms with Crippen molar-refractivity contribution in [2.24, 2.45) is 0 Å². The number of nitrogens with zero attached hydrogens (tertiary/aromatic N) is 1. The van der Waals surface area contributed by atoms with Crippen LogP contribution in [0.25, 0.3) is 0 Å². The summed E-state index contributed by atoms with van der Waals surface area (Å²) in [6.45, 7) is 9.06. The van der Waals surface area contributed by atoms with Gasteiger partial charge in [-0.1, -0.05) is 24.6 Å². The number of anilines is 1. The molecular weight excluding hydrogens is 184 g/mol. The highest BCUT2D eigenvalue weighted by Gasteiger charge is 2.28. The van der Waals surface area contributed by atoms with E-state index < -0.39 is 0 Å². The van der Waals surface area contributed by atoms with E-state index in [1.165, 1.54) is 23.4 Å². The molecule has 0 radical (unpaired) electrons. The zero-order valence-electron chi connectivity index (χ0n) is 9.51. The van der Waals surface area contributed by atoms with E-state index in [1.54, 1.807) is 5.56 Å². The highest BCUT2D eigenvalue weighted by Crippen LogP contribution is 2.39. The molecule has 0 saturated heterocycles. The zero-order valence-corrected chi connectivity index (χ0v) is 9.51. The molecule has 0 aliphatic carbocycles. The third kappa shape index (κ3) is 1.36. The van der Waals surface area contributed by atoms with Crippen molar-refractivity contribution in [3.8, 4) is 0 Å². The number of hydrogen-bond donors (Lipinski definition) is 1. The fraction of sp³-hybridized carbons (Fsp3) is 0.538. The van der Waals surface area contributed by atoms with Crippen LogP contribution in [-0.2, 0) is 6.54 Å². The van der Waals surface area contributed by atoms with Crippen LogP contribution in [0.4, 0.5) is 5.69 Å². The molecule has 0 amide bonds. The van der Waals surface area contributed by atoms with Crippen LogP contribution in [0.1, 0.15) is 29.5 Å². The molecule has 80 valence electrons. The van der Waals surface area contributed by atoms with Crippen molar-refractivity contribution in [1.82, 2.24) is 5.32 Å². The lowest BCUT2D eigenvalue weighted by molar-refractivity contribution is 0.674. The fourth-order valence-electron chi connectivity index (χ4n) is 2.94. The summed E-state index contributed by atoms with van der Waals surface area (Å²) < 4.78 is 0. The Balaban J connectivity index is 2.20. The first-order valence-corrected chi connectivity index (χ1v) is 5.85. The van der Waals surface area contributed by atoms with E-state index in [4.69, 9.17) is 0 Å². The SMILES string of the molecule is Cc1cc2c3c(c1)C(C)CN3CCNC2. The summed E-state index contributed by atoms with van der Waals surface area (Å²) in [6, 6.07) is 4.71. The average molecular weight is 202 g/mol. The summed E-state index contributed by atoms with van der Waals surface area (Å²) in [7, 11) is 0. The largest absolute Gasteiger partial charge is 0.369 e. The fourth-order valence-corrected chi connectivity index (χ4v) is 2.94. The van der Waals surface area contributed by atoms with Gasteiger partial charge in [-0.3, -0.25) is 0 Å². The Kier molecular flexibility index (Phi) is 1.99. The molecule has 3 rings (SSSR count). The van der Waals surface area contributed by atoms with E-state index in [9.17, 15) is 0 Å². The molecule has 1 N–H and O–H groups in total. The van der Waals surface area contributed by atoms with Gasteiger partial charge in [-0.25, -0.2) is 0 Å². The van der Waals surface area contributed by atoms with Gasteiger partial charge in [-0.05, 0) is 18.1 Å². The van der Waals surface area contributed by atoms with E-state index in [-0.39, 0.29) is 0 Å². The maximum absolute atomic E-state index is 3.50. The number of aryl methyl sites for hydroxylation is 1. The standard InChI is InChI=1S/C13H18N2/c1-9-5-11-7-14-3-4-15-8-10(2)12(6-9)13(11)15/h5-6,10,14H,3-4,7-8H2,1-2H3. The first kappa shape index (κ1) is 9.22. The molecule has 2 heterocycles. The van der Waals surface area contributed by atoms with Crippen LogP contribution in [0.3, 0.4) is 0 Å². The summed E-state index contributed by atoms with van der Waals surface area (Å²) in [5.74, 6) is 0.705. The smallest absolute Gasteiger partial charge is 0.0448 e. The van der Waals surface area contributed by atoms with Crippen molar-refractivity contribution in [1.29, 1.82) is 0 Å². The minimum atomic E-state index is 0.705. The van der Waals surface area contributed by atoms with Gasteiger partial charge in [0.25, 0.3) is 0 Å². The molecule has 2 aliphatic rings. The highest BCUT2D eigenvalue weighted by molar-refractivity contribution is 5.66. The van der Waals surface area contributed by atoms with Crippen molar-refractivity contribution in [2.45, 2.75) is 26.3 Å². The van der Waals surface area contributed by atoms with E-state index in [2.05, 4.69) is 36.2 Å². The Morgan fingerprint density at radius 2 is 2.27 bits per heavy atom. The second-order valence-electron chi connectivity index (χ2n) is 4.89. The molecule has 1 atom stereocenters. The van der Waals surface area contributed by atoms with Gasteiger partial charge in [0, 0.05) is 37.8 Å². The molecule has 0 aromatic heterocycles. The third-order valence-electron chi connectivity index (χ3n) is 3.58. The van der Waals surface area contributed by atoms with Crippen LogP contribution in [0, 0.1) is 6.92 Å². The quantitative estimate of drug-likeness (QED) is 0.692. The second-order valence-corrected chi connectivity index (χ2v) is 4.89. The monoisotopic (exact) mass is 202 g/mol. The molecule has 1 aromatic rings. The van der Waals surface area contributed by atoms with Crippen LogP contribution in [0.5, 0.6) is 0 Å². The lowest BCUT2D eigenvalue weighted by Gasteiger charge is -2.18. The predicted molar refractivity (Wildman–Crippen MR) is 63.5 cm³/mol. The van der Waals surface area contributed by atoms with Gasteiger partial charge < -0.3 is 10.2 Å². The van der Waals surface area contributed by atoms with E-state index >= 15 is 0 Å². The van der Waals surface area contributed by atoms with Crippen LogP contribution < -0.4 is 10.2 Å². The van der Waals surface area contributed by atoms with E-state index in [0.717, 1.165) is 19.6 Å². The minimum absolute atomic E-state index is 0.705. The molecule has 1 aromatic carbocycles. The van der Waals surface area contributed by atoms with Crippen LogP contribution in [-0.4, -0.2) is 19.6 Å². The second kappa shape index (κ2) is 3.24. The number of hydrogen-bond acceptors (Lipinski definition) is 2. The van der Waals surface area contributed by atoms with Gasteiger partial charge in [0.15, 0.2) is 0 Å². The van der Waals surface area contributed by atoms with Crippen molar-refractivity contribution >= 4 is 5.69 Å². The zero-order chi connectivity index (χ0) is 10.4. The van der Waals surface area contributed by atoms with Gasteiger partial charge in [0.2, 0.25) is 0 Å². The van der Waals surface area contributed by atoms with Crippen molar-refractivity contribution in [3.63, 3.8) is 0 Å². The first-order chi connectivity index (χ1) is 7.25. The maximum atomic E-state index is 3.50. The lowest BCUT2D eigenvalue weighted by Crippen LogP contribution is -2.27. The summed E-state index contributed by atoms with van der Waals surface area (Å²) in [5.41, 5.74) is 5.99. The van der Waals surface area contributed by atoms with Crippen LogP contribution in [0.15, 0.2) is 12.1 Å². The van der Waals surface area contributed by atoms with E-state index in [1.807, 2.05) is 0 Å². The molecular formula is C13H18N2. The molecule has 1 unspecified atom stereocenters. The van der Waals surface area contributed by atoms with Crippen molar-refractivity contribution in [3.05, 3.63) is 28.8 Å².